The minimum absolute atomic E-state index is 0.0208. The first-order valence-electron chi connectivity index (χ1n) is 5.97. The second kappa shape index (κ2) is 5.85. The minimum atomic E-state index is -0.341. The summed E-state index contributed by atoms with van der Waals surface area (Å²) in [5, 5.41) is 8.38. The summed E-state index contributed by atoms with van der Waals surface area (Å²) in [6.07, 6.45) is 1.69. The van der Waals surface area contributed by atoms with E-state index in [0.717, 1.165) is 18.8 Å². The van der Waals surface area contributed by atoms with Gasteiger partial charge >= 0.3 is 0 Å². The van der Waals surface area contributed by atoms with E-state index in [1.165, 1.54) is 0 Å². The fourth-order valence-electron chi connectivity index (χ4n) is 1.90. The Morgan fingerprint density at radius 2 is 2.18 bits per heavy atom. The number of likely N-dealkylation sites (N-methyl/N-ethyl adjacent to an activating group) is 1. The molecule has 98 valence electrons. The van der Waals surface area contributed by atoms with Gasteiger partial charge in [0, 0.05) is 13.7 Å². The van der Waals surface area contributed by atoms with E-state index in [0.29, 0.717) is 5.02 Å². The molecule has 1 N–H and O–H groups in total. The molecule has 1 rings (SSSR count). The number of aromatic nitrogens is 2. The first-order chi connectivity index (χ1) is 7.97. The van der Waals surface area contributed by atoms with E-state index in [9.17, 15) is 0 Å². The fourth-order valence-corrected chi connectivity index (χ4v) is 2.15. The highest BCUT2D eigenvalue weighted by molar-refractivity contribution is 6.31. The summed E-state index contributed by atoms with van der Waals surface area (Å²) in [6, 6.07) is 0.0208. The Hall–Kier alpha value is -0.580. The van der Waals surface area contributed by atoms with Gasteiger partial charge in [0.15, 0.2) is 0 Å². The van der Waals surface area contributed by atoms with Crippen LogP contribution in [0, 0.1) is 0 Å². The molecule has 1 unspecified atom stereocenters. The zero-order chi connectivity index (χ0) is 13.1. The molecule has 0 amide bonds. The van der Waals surface area contributed by atoms with Gasteiger partial charge in [-0.15, -0.1) is 0 Å². The molecule has 0 aliphatic rings. The SMILES string of the molecule is CCNC(c1c(Cl)cnn1CC)C(C)(C)OC. The molecule has 0 aliphatic carbocycles. The highest BCUT2D eigenvalue weighted by Crippen LogP contribution is 2.32. The normalized spacial score (nSPS) is 14.0. The van der Waals surface area contributed by atoms with Crippen LogP contribution in [-0.4, -0.2) is 29.0 Å². The van der Waals surface area contributed by atoms with Crippen molar-refractivity contribution in [3.63, 3.8) is 0 Å². The van der Waals surface area contributed by atoms with Gasteiger partial charge in [-0.1, -0.05) is 18.5 Å². The van der Waals surface area contributed by atoms with Crippen LogP contribution >= 0.6 is 11.6 Å². The Balaban J connectivity index is 3.17. The second-order valence-corrected chi connectivity index (χ2v) is 4.90. The highest BCUT2D eigenvalue weighted by Gasteiger charge is 2.34. The van der Waals surface area contributed by atoms with Gasteiger partial charge in [-0.25, -0.2) is 0 Å². The summed E-state index contributed by atoms with van der Waals surface area (Å²) in [7, 11) is 1.71. The maximum Gasteiger partial charge on any atom is 0.0835 e. The van der Waals surface area contributed by atoms with E-state index in [1.807, 2.05) is 18.5 Å². The Morgan fingerprint density at radius 3 is 2.65 bits per heavy atom. The lowest BCUT2D eigenvalue weighted by Crippen LogP contribution is -2.42. The number of hydrogen-bond donors (Lipinski definition) is 1. The summed E-state index contributed by atoms with van der Waals surface area (Å²) in [5.41, 5.74) is 0.648. The number of rotatable bonds is 6. The second-order valence-electron chi connectivity index (χ2n) is 4.49. The molecule has 0 aliphatic heterocycles. The molecular formula is C12H22ClN3O. The summed E-state index contributed by atoms with van der Waals surface area (Å²) < 4.78 is 7.48. The number of hydrogen-bond acceptors (Lipinski definition) is 3. The molecule has 5 heteroatoms. The molecule has 0 aromatic carbocycles. The highest BCUT2D eigenvalue weighted by atomic mass is 35.5. The van der Waals surface area contributed by atoms with Crippen LogP contribution in [0.4, 0.5) is 0 Å². The number of aryl methyl sites for hydroxylation is 1. The maximum absolute atomic E-state index is 6.24. The largest absolute Gasteiger partial charge is 0.377 e. The van der Waals surface area contributed by atoms with Crippen molar-refractivity contribution in [2.24, 2.45) is 0 Å². The summed E-state index contributed by atoms with van der Waals surface area (Å²) in [6.45, 7) is 9.86. The molecule has 0 radical (unpaired) electrons. The summed E-state index contributed by atoms with van der Waals surface area (Å²) in [4.78, 5) is 0. The van der Waals surface area contributed by atoms with Gasteiger partial charge in [0.25, 0.3) is 0 Å². The van der Waals surface area contributed by atoms with Crippen molar-refractivity contribution in [2.75, 3.05) is 13.7 Å². The number of methoxy groups -OCH3 is 1. The zero-order valence-electron chi connectivity index (χ0n) is 11.2. The van der Waals surface area contributed by atoms with E-state index >= 15 is 0 Å². The van der Waals surface area contributed by atoms with Crippen molar-refractivity contribution in [1.82, 2.24) is 15.1 Å². The Labute approximate surface area is 108 Å². The first-order valence-corrected chi connectivity index (χ1v) is 6.35. The van der Waals surface area contributed by atoms with Crippen LogP contribution in [0.5, 0.6) is 0 Å². The van der Waals surface area contributed by atoms with Crippen molar-refractivity contribution in [2.45, 2.75) is 45.9 Å². The summed E-state index contributed by atoms with van der Waals surface area (Å²) >= 11 is 6.24. The lowest BCUT2D eigenvalue weighted by Gasteiger charge is -2.34. The first kappa shape index (κ1) is 14.5. The summed E-state index contributed by atoms with van der Waals surface area (Å²) in [5.74, 6) is 0. The van der Waals surface area contributed by atoms with Gasteiger partial charge in [0.05, 0.1) is 28.6 Å². The van der Waals surface area contributed by atoms with Crippen LogP contribution in [0.15, 0.2) is 6.20 Å². The molecule has 4 nitrogen and oxygen atoms in total. The lowest BCUT2D eigenvalue weighted by molar-refractivity contribution is -0.0130. The zero-order valence-corrected chi connectivity index (χ0v) is 12.0. The number of ether oxygens (including phenoxy) is 1. The van der Waals surface area contributed by atoms with Crippen LogP contribution < -0.4 is 5.32 Å². The van der Waals surface area contributed by atoms with Crippen molar-refractivity contribution >= 4 is 11.6 Å². The minimum Gasteiger partial charge on any atom is -0.377 e. The molecule has 1 atom stereocenters. The van der Waals surface area contributed by atoms with E-state index in [1.54, 1.807) is 13.3 Å². The van der Waals surface area contributed by atoms with Crippen molar-refractivity contribution in [1.29, 1.82) is 0 Å². The van der Waals surface area contributed by atoms with Crippen LogP contribution in [0.2, 0.25) is 5.02 Å². The van der Waals surface area contributed by atoms with E-state index in [2.05, 4.69) is 24.3 Å². The molecule has 1 aromatic heterocycles. The number of nitrogens with one attached hydrogen (secondary N) is 1. The van der Waals surface area contributed by atoms with Gasteiger partial charge < -0.3 is 10.1 Å². The van der Waals surface area contributed by atoms with Gasteiger partial charge in [-0.2, -0.15) is 5.10 Å². The molecule has 1 aromatic rings. The molecule has 0 saturated carbocycles. The van der Waals surface area contributed by atoms with Crippen molar-refractivity contribution in [3.8, 4) is 0 Å². The van der Waals surface area contributed by atoms with Gasteiger partial charge in [-0.05, 0) is 27.3 Å². The van der Waals surface area contributed by atoms with Gasteiger partial charge in [0.1, 0.15) is 0 Å². The molecular weight excluding hydrogens is 238 g/mol. The van der Waals surface area contributed by atoms with Crippen molar-refractivity contribution < 1.29 is 4.74 Å². The average Bonchev–Trinajstić information content (AvgIpc) is 2.67. The number of halogens is 1. The van der Waals surface area contributed by atoms with E-state index in [4.69, 9.17) is 16.3 Å². The van der Waals surface area contributed by atoms with Crippen molar-refractivity contribution in [3.05, 3.63) is 16.9 Å². The molecule has 0 saturated heterocycles. The van der Waals surface area contributed by atoms with Crippen LogP contribution in [-0.2, 0) is 11.3 Å². The molecule has 1 heterocycles. The third kappa shape index (κ3) is 3.00. The molecule has 0 fully saturated rings. The van der Waals surface area contributed by atoms with E-state index in [-0.39, 0.29) is 11.6 Å². The van der Waals surface area contributed by atoms with Gasteiger partial charge in [0.2, 0.25) is 0 Å². The molecule has 17 heavy (non-hydrogen) atoms. The lowest BCUT2D eigenvalue weighted by atomic mass is 9.95. The van der Waals surface area contributed by atoms with Gasteiger partial charge in [-0.3, -0.25) is 4.68 Å². The number of nitrogens with zero attached hydrogens (tertiary/aromatic N) is 2. The van der Waals surface area contributed by atoms with Crippen LogP contribution in [0.1, 0.15) is 39.4 Å². The fraction of sp³-hybridized carbons (Fsp3) is 0.750. The quantitative estimate of drug-likeness (QED) is 0.854. The monoisotopic (exact) mass is 259 g/mol. The van der Waals surface area contributed by atoms with Crippen LogP contribution in [0.25, 0.3) is 0 Å². The third-order valence-corrected chi connectivity index (χ3v) is 3.33. The Morgan fingerprint density at radius 1 is 1.53 bits per heavy atom. The molecule has 0 bridgehead atoms. The maximum atomic E-state index is 6.24. The Kier molecular flexibility index (Phi) is 4.98. The van der Waals surface area contributed by atoms with Crippen LogP contribution in [0.3, 0.4) is 0 Å². The predicted octanol–water partition coefficient (Wildman–Crippen LogP) is 2.63. The average molecular weight is 260 g/mol. The Bertz CT molecular complexity index is 363. The van der Waals surface area contributed by atoms with E-state index < -0.39 is 0 Å². The predicted molar refractivity (Wildman–Crippen MR) is 70.4 cm³/mol. The smallest absolute Gasteiger partial charge is 0.0835 e. The third-order valence-electron chi connectivity index (χ3n) is 3.04. The molecule has 0 spiro atoms. The standard InChI is InChI=1S/C12H22ClN3O/c1-6-14-11(12(3,4)17-5)10-9(13)8-15-16(10)7-2/h8,11,14H,6-7H2,1-5H3. The topological polar surface area (TPSA) is 39.1 Å².